The zero-order chi connectivity index (χ0) is 14.0. The molecule has 0 unspecified atom stereocenters. The van der Waals surface area contributed by atoms with E-state index in [0.717, 1.165) is 0 Å². The average Bonchev–Trinajstić information content (AvgIpc) is 2.83. The van der Waals surface area contributed by atoms with Crippen molar-refractivity contribution in [3.8, 4) is 0 Å². The summed E-state index contributed by atoms with van der Waals surface area (Å²) in [7, 11) is 0. The molecule has 0 aliphatic heterocycles. The molecule has 2 aromatic rings. The molecule has 0 radical (unpaired) electrons. The Morgan fingerprint density at radius 3 is 2.95 bits per heavy atom. The van der Waals surface area contributed by atoms with Crippen molar-refractivity contribution in [3.63, 3.8) is 0 Å². The van der Waals surface area contributed by atoms with Crippen LogP contribution in [0.15, 0.2) is 37.0 Å². The normalized spacial score (nSPS) is 10.4. The van der Waals surface area contributed by atoms with Gasteiger partial charge in [-0.2, -0.15) is 0 Å². The number of H-pyrrole nitrogens is 1. The fourth-order valence-corrected chi connectivity index (χ4v) is 1.78. The van der Waals surface area contributed by atoms with E-state index in [9.17, 15) is 14.4 Å². The summed E-state index contributed by atoms with van der Waals surface area (Å²) >= 11 is 3.02. The van der Waals surface area contributed by atoms with E-state index in [1.807, 2.05) is 5.43 Å². The Bertz CT molecular complexity index is 730. The van der Waals surface area contributed by atoms with Gasteiger partial charge in [-0.25, -0.2) is 10.6 Å². The molecular formula is C10H9BrN4O4. The largest absolute Gasteiger partial charge is 0.467 e. The van der Waals surface area contributed by atoms with Crippen molar-refractivity contribution >= 4 is 21.8 Å². The quantitative estimate of drug-likeness (QED) is 0.400. The second-order valence-electron chi connectivity index (χ2n) is 3.64. The Hall–Kier alpha value is -2.13. The molecule has 0 bridgehead atoms. The molecule has 0 saturated heterocycles. The Kier molecular flexibility index (Phi) is 3.67. The van der Waals surface area contributed by atoms with Gasteiger partial charge >= 0.3 is 5.69 Å². The third-order valence-electron chi connectivity index (χ3n) is 2.34. The van der Waals surface area contributed by atoms with Gasteiger partial charge in [0.2, 0.25) is 0 Å². The van der Waals surface area contributed by atoms with Gasteiger partial charge in [0.15, 0.2) is 0 Å². The van der Waals surface area contributed by atoms with E-state index in [1.165, 1.54) is 23.1 Å². The molecule has 0 spiro atoms. The molecule has 19 heavy (non-hydrogen) atoms. The van der Waals surface area contributed by atoms with Gasteiger partial charge in [-0.05, 0) is 22.0 Å². The van der Waals surface area contributed by atoms with Crippen LogP contribution in [0.25, 0.3) is 0 Å². The predicted molar refractivity (Wildman–Crippen MR) is 68.5 cm³/mol. The number of aromatic amines is 1. The first-order valence-corrected chi connectivity index (χ1v) is 5.88. The lowest BCUT2D eigenvalue weighted by atomic mass is 10.3. The molecule has 0 atom stereocenters. The highest BCUT2D eigenvalue weighted by atomic mass is 79.9. The van der Waals surface area contributed by atoms with Gasteiger partial charge in [0, 0.05) is 6.20 Å². The summed E-state index contributed by atoms with van der Waals surface area (Å²) in [4.78, 5) is 36.1. The zero-order valence-electron chi connectivity index (χ0n) is 9.47. The number of nitrogens with one attached hydrogen (secondary N) is 2. The molecule has 8 nitrogen and oxygen atoms in total. The van der Waals surface area contributed by atoms with Crippen molar-refractivity contribution in [2.45, 2.75) is 6.54 Å². The molecule has 2 rings (SSSR count). The van der Waals surface area contributed by atoms with E-state index in [4.69, 9.17) is 10.3 Å². The molecule has 1 amide bonds. The molecule has 2 aromatic heterocycles. The lowest BCUT2D eigenvalue weighted by Crippen LogP contribution is -2.30. The Balaban J connectivity index is 2.29. The van der Waals surface area contributed by atoms with Crippen LogP contribution in [0.1, 0.15) is 16.1 Å². The fourth-order valence-electron chi connectivity index (χ4n) is 1.43. The molecule has 0 fully saturated rings. The van der Waals surface area contributed by atoms with Gasteiger partial charge in [-0.1, -0.05) is 0 Å². The Morgan fingerprint density at radius 1 is 1.53 bits per heavy atom. The van der Waals surface area contributed by atoms with E-state index in [-0.39, 0.29) is 16.6 Å². The van der Waals surface area contributed by atoms with Gasteiger partial charge in [-0.3, -0.25) is 24.6 Å². The van der Waals surface area contributed by atoms with E-state index < -0.39 is 17.2 Å². The monoisotopic (exact) mass is 328 g/mol. The maximum absolute atomic E-state index is 11.5. The summed E-state index contributed by atoms with van der Waals surface area (Å²) in [6, 6.07) is 1.45. The number of carbonyl (C=O) groups excluding carboxylic acids is 1. The minimum atomic E-state index is -0.575. The number of rotatable bonds is 3. The Labute approximate surface area is 114 Å². The summed E-state index contributed by atoms with van der Waals surface area (Å²) in [5, 5.41) is 0. The number of carbonyl (C=O) groups is 1. The van der Waals surface area contributed by atoms with Gasteiger partial charge < -0.3 is 4.42 Å². The maximum atomic E-state index is 11.5. The van der Waals surface area contributed by atoms with Crippen molar-refractivity contribution in [1.29, 1.82) is 0 Å². The number of halogens is 1. The number of furan rings is 1. The molecular weight excluding hydrogens is 320 g/mol. The second kappa shape index (κ2) is 5.24. The minimum absolute atomic E-state index is 0.0755. The highest BCUT2D eigenvalue weighted by molar-refractivity contribution is 9.10. The smallest absolute Gasteiger partial charge is 0.328 e. The number of hydrogen-bond acceptors (Lipinski definition) is 5. The van der Waals surface area contributed by atoms with Gasteiger partial charge in [0.1, 0.15) is 12.0 Å². The van der Waals surface area contributed by atoms with Crippen LogP contribution in [0.2, 0.25) is 0 Å². The summed E-state index contributed by atoms with van der Waals surface area (Å²) in [5.74, 6) is 4.86. The van der Waals surface area contributed by atoms with Gasteiger partial charge in [-0.15, -0.1) is 0 Å². The van der Waals surface area contributed by atoms with E-state index >= 15 is 0 Å². The molecule has 0 aliphatic carbocycles. The summed E-state index contributed by atoms with van der Waals surface area (Å²) in [6.07, 6.45) is 2.57. The number of nitrogen functional groups attached to an aromatic ring is 1. The van der Waals surface area contributed by atoms with Crippen LogP contribution < -0.4 is 22.5 Å². The van der Waals surface area contributed by atoms with Crippen molar-refractivity contribution < 1.29 is 9.21 Å². The second-order valence-corrected chi connectivity index (χ2v) is 4.49. The van der Waals surface area contributed by atoms with Crippen LogP contribution in [0, 0.1) is 0 Å². The lowest BCUT2D eigenvalue weighted by Gasteiger charge is -2.02. The molecule has 100 valence electrons. The minimum Gasteiger partial charge on any atom is -0.467 e. The van der Waals surface area contributed by atoms with E-state index in [1.54, 1.807) is 0 Å². The van der Waals surface area contributed by atoms with Crippen molar-refractivity contribution in [1.82, 2.24) is 15.0 Å². The van der Waals surface area contributed by atoms with Crippen molar-refractivity contribution in [2.75, 3.05) is 0 Å². The highest BCUT2D eigenvalue weighted by Gasteiger charge is 2.10. The van der Waals surface area contributed by atoms with Crippen LogP contribution in [-0.4, -0.2) is 15.5 Å². The molecule has 0 saturated carbocycles. The first-order chi connectivity index (χ1) is 9.01. The number of aromatic nitrogens is 2. The number of nitrogens with zero attached hydrogens (tertiary/aromatic N) is 1. The first kappa shape index (κ1) is 13.3. The number of amides is 1. The van der Waals surface area contributed by atoms with Crippen molar-refractivity contribution in [3.05, 3.63) is 55.2 Å². The molecule has 0 aliphatic rings. The topological polar surface area (TPSA) is 123 Å². The first-order valence-electron chi connectivity index (χ1n) is 5.09. The standard InChI is InChI=1S/C10H9BrN4O4/c11-7-3-15(10(18)13-9(7)17)2-6-1-5(4-19-6)8(16)14-12/h1,3-4H,2,12H2,(H,14,16)(H,13,17,18). The lowest BCUT2D eigenvalue weighted by molar-refractivity contribution is 0.0953. The SMILES string of the molecule is NNC(=O)c1coc(Cn2cc(Br)c(=O)[nH]c2=O)c1. The predicted octanol–water partition coefficient (Wildman–Crippen LogP) is -0.456. The number of nitrogens with two attached hydrogens (primary N) is 1. The Morgan fingerprint density at radius 2 is 2.26 bits per heavy atom. The van der Waals surface area contributed by atoms with E-state index in [0.29, 0.717) is 5.76 Å². The van der Waals surface area contributed by atoms with Crippen LogP contribution >= 0.6 is 15.9 Å². The molecule has 2 heterocycles. The number of hydrazine groups is 1. The summed E-state index contributed by atoms with van der Waals surface area (Å²) in [5.41, 5.74) is 1.12. The third kappa shape index (κ3) is 2.83. The van der Waals surface area contributed by atoms with Crippen LogP contribution in [0.3, 0.4) is 0 Å². The van der Waals surface area contributed by atoms with Crippen LogP contribution in [0.4, 0.5) is 0 Å². The van der Waals surface area contributed by atoms with Crippen LogP contribution in [0.5, 0.6) is 0 Å². The fraction of sp³-hybridized carbons (Fsp3) is 0.100. The average molecular weight is 329 g/mol. The summed E-state index contributed by atoms with van der Waals surface area (Å²) < 4.78 is 6.58. The van der Waals surface area contributed by atoms with Gasteiger partial charge in [0.25, 0.3) is 11.5 Å². The van der Waals surface area contributed by atoms with Crippen molar-refractivity contribution in [2.24, 2.45) is 5.84 Å². The van der Waals surface area contributed by atoms with E-state index in [2.05, 4.69) is 20.9 Å². The highest BCUT2D eigenvalue weighted by Crippen LogP contribution is 2.09. The molecule has 9 heteroatoms. The third-order valence-corrected chi connectivity index (χ3v) is 2.91. The van der Waals surface area contributed by atoms with Gasteiger partial charge in [0.05, 0.1) is 16.6 Å². The summed E-state index contributed by atoms with van der Waals surface area (Å²) in [6.45, 7) is 0.0755. The molecule has 4 N–H and O–H groups in total. The zero-order valence-corrected chi connectivity index (χ0v) is 11.1. The van der Waals surface area contributed by atoms with Crippen LogP contribution in [-0.2, 0) is 6.54 Å². The number of hydrogen-bond donors (Lipinski definition) is 3. The molecule has 0 aromatic carbocycles. The maximum Gasteiger partial charge on any atom is 0.328 e.